The lowest BCUT2D eigenvalue weighted by molar-refractivity contribution is 0.0698. The van der Waals surface area contributed by atoms with Crippen molar-refractivity contribution < 1.29 is 9.90 Å². The van der Waals surface area contributed by atoms with Crippen molar-refractivity contribution in [3.63, 3.8) is 0 Å². The number of carbonyl (C=O) groups is 1. The first-order valence-electron chi connectivity index (χ1n) is 6.12. The summed E-state index contributed by atoms with van der Waals surface area (Å²) >= 11 is 0. The lowest BCUT2D eigenvalue weighted by Gasteiger charge is -2.21. The Kier molecular flexibility index (Phi) is 4.30. The largest absolute Gasteiger partial charge is 0.395 e. The van der Waals surface area contributed by atoms with Crippen molar-refractivity contribution in [3.05, 3.63) is 54.1 Å². The maximum absolute atomic E-state index is 12.4. The van der Waals surface area contributed by atoms with Crippen LogP contribution in [0.1, 0.15) is 16.1 Å². The van der Waals surface area contributed by atoms with Crippen LogP contribution < -0.4 is 0 Å². The van der Waals surface area contributed by atoms with Crippen molar-refractivity contribution in [1.82, 2.24) is 14.5 Å². The molecule has 0 spiro atoms. The summed E-state index contributed by atoms with van der Waals surface area (Å²) in [6.07, 6.45) is 3.13. The fraction of sp³-hybridized carbons (Fsp3) is 0.286. The van der Waals surface area contributed by atoms with Crippen molar-refractivity contribution in [3.8, 4) is 0 Å². The van der Waals surface area contributed by atoms with Crippen LogP contribution >= 0.6 is 0 Å². The van der Waals surface area contributed by atoms with Crippen molar-refractivity contribution in [1.29, 1.82) is 0 Å². The van der Waals surface area contributed by atoms with E-state index in [1.165, 1.54) is 6.20 Å². The summed E-state index contributed by atoms with van der Waals surface area (Å²) in [5, 5.41) is 9.11. The number of carbonyl (C=O) groups excluding carboxylic acids is 1. The second-order valence-corrected chi connectivity index (χ2v) is 4.33. The number of benzene rings is 1. The Bertz CT molecular complexity index is 537. The van der Waals surface area contributed by atoms with Crippen LogP contribution in [0, 0.1) is 0 Å². The van der Waals surface area contributed by atoms with Gasteiger partial charge >= 0.3 is 0 Å². The molecule has 0 bridgehead atoms. The Morgan fingerprint density at radius 1 is 1.37 bits per heavy atom. The maximum atomic E-state index is 12.4. The van der Waals surface area contributed by atoms with Gasteiger partial charge in [0.2, 0.25) is 0 Å². The fourth-order valence-corrected chi connectivity index (χ4v) is 1.90. The molecule has 0 aliphatic heterocycles. The van der Waals surface area contributed by atoms with Crippen LogP contribution in [-0.2, 0) is 13.6 Å². The van der Waals surface area contributed by atoms with Gasteiger partial charge in [-0.05, 0) is 5.56 Å². The zero-order valence-electron chi connectivity index (χ0n) is 10.9. The van der Waals surface area contributed by atoms with Crippen LogP contribution in [0.4, 0.5) is 0 Å². The average molecular weight is 259 g/mol. The molecule has 1 N–H and O–H groups in total. The van der Waals surface area contributed by atoms with Crippen LogP contribution in [0.15, 0.2) is 42.9 Å². The molecular weight excluding hydrogens is 242 g/mol. The molecule has 2 rings (SSSR count). The number of aryl methyl sites for hydroxylation is 1. The van der Waals surface area contributed by atoms with Crippen molar-refractivity contribution in [2.45, 2.75) is 6.54 Å². The Balaban J connectivity index is 2.16. The summed E-state index contributed by atoms with van der Waals surface area (Å²) in [6.45, 7) is 0.723. The Morgan fingerprint density at radius 3 is 2.68 bits per heavy atom. The smallest absolute Gasteiger partial charge is 0.272 e. The summed E-state index contributed by atoms with van der Waals surface area (Å²) in [7, 11) is 1.78. The minimum atomic E-state index is -0.127. The van der Waals surface area contributed by atoms with Gasteiger partial charge in [0, 0.05) is 20.1 Å². The fourth-order valence-electron chi connectivity index (χ4n) is 1.90. The van der Waals surface area contributed by atoms with Crippen LogP contribution in [0.5, 0.6) is 0 Å². The molecule has 1 aromatic heterocycles. The van der Waals surface area contributed by atoms with Gasteiger partial charge in [0.1, 0.15) is 5.69 Å². The van der Waals surface area contributed by atoms with E-state index in [-0.39, 0.29) is 12.5 Å². The van der Waals surface area contributed by atoms with Gasteiger partial charge in [-0.15, -0.1) is 0 Å². The van der Waals surface area contributed by atoms with Crippen LogP contribution in [0.25, 0.3) is 0 Å². The third kappa shape index (κ3) is 3.20. The topological polar surface area (TPSA) is 58.4 Å². The second-order valence-electron chi connectivity index (χ2n) is 4.33. The number of hydrogen-bond donors (Lipinski definition) is 1. The Labute approximate surface area is 112 Å². The van der Waals surface area contributed by atoms with E-state index in [2.05, 4.69) is 4.98 Å². The van der Waals surface area contributed by atoms with E-state index >= 15 is 0 Å². The van der Waals surface area contributed by atoms with Crippen molar-refractivity contribution in [2.75, 3.05) is 13.2 Å². The Morgan fingerprint density at radius 2 is 2.11 bits per heavy atom. The third-order valence-electron chi connectivity index (χ3n) is 2.91. The summed E-state index contributed by atoms with van der Waals surface area (Å²) in [5.74, 6) is -0.127. The van der Waals surface area contributed by atoms with Gasteiger partial charge in [-0.25, -0.2) is 4.98 Å². The van der Waals surface area contributed by atoms with Gasteiger partial charge in [0.05, 0.1) is 19.1 Å². The molecule has 5 nitrogen and oxygen atoms in total. The lowest BCUT2D eigenvalue weighted by Crippen LogP contribution is -2.34. The van der Waals surface area contributed by atoms with E-state index < -0.39 is 0 Å². The molecule has 0 saturated heterocycles. The van der Waals surface area contributed by atoms with Crippen LogP contribution in [-0.4, -0.2) is 38.6 Å². The van der Waals surface area contributed by atoms with Crippen LogP contribution in [0.3, 0.4) is 0 Å². The highest BCUT2D eigenvalue weighted by molar-refractivity contribution is 5.92. The molecule has 19 heavy (non-hydrogen) atoms. The molecule has 0 saturated carbocycles. The van der Waals surface area contributed by atoms with E-state index in [9.17, 15) is 4.79 Å². The highest BCUT2D eigenvalue weighted by Gasteiger charge is 2.18. The number of imidazole rings is 1. The molecule has 0 unspecified atom stereocenters. The molecule has 0 radical (unpaired) electrons. The Hall–Kier alpha value is -2.14. The van der Waals surface area contributed by atoms with Crippen LogP contribution in [0.2, 0.25) is 0 Å². The average Bonchev–Trinajstić information content (AvgIpc) is 2.85. The molecule has 1 aromatic carbocycles. The minimum absolute atomic E-state index is 0.0591. The first-order valence-corrected chi connectivity index (χ1v) is 6.12. The number of aliphatic hydroxyl groups is 1. The highest BCUT2D eigenvalue weighted by Crippen LogP contribution is 2.09. The molecule has 1 amide bonds. The predicted molar refractivity (Wildman–Crippen MR) is 71.5 cm³/mol. The third-order valence-corrected chi connectivity index (χ3v) is 2.91. The van der Waals surface area contributed by atoms with Gasteiger partial charge in [-0.2, -0.15) is 0 Å². The quantitative estimate of drug-likeness (QED) is 0.873. The zero-order valence-corrected chi connectivity index (χ0v) is 10.9. The van der Waals surface area contributed by atoms with Gasteiger partial charge in [0.25, 0.3) is 5.91 Å². The SMILES string of the molecule is Cn1cncc1C(=O)N(CCO)Cc1ccccc1. The summed E-state index contributed by atoms with van der Waals surface area (Å²) in [4.78, 5) is 17.9. The van der Waals surface area contributed by atoms with Gasteiger partial charge < -0.3 is 14.6 Å². The standard InChI is InChI=1S/C14H17N3O2/c1-16-11-15-9-13(16)14(19)17(7-8-18)10-12-5-3-2-4-6-12/h2-6,9,11,18H,7-8,10H2,1H3. The minimum Gasteiger partial charge on any atom is -0.395 e. The zero-order chi connectivity index (χ0) is 13.7. The number of nitrogens with zero attached hydrogens (tertiary/aromatic N) is 3. The number of amides is 1. The highest BCUT2D eigenvalue weighted by atomic mass is 16.3. The van der Waals surface area contributed by atoms with Crippen molar-refractivity contribution >= 4 is 5.91 Å². The second kappa shape index (κ2) is 6.15. The van der Waals surface area contributed by atoms with E-state index in [4.69, 9.17) is 5.11 Å². The molecule has 5 heteroatoms. The number of hydrogen-bond acceptors (Lipinski definition) is 3. The maximum Gasteiger partial charge on any atom is 0.272 e. The first kappa shape index (κ1) is 13.3. The lowest BCUT2D eigenvalue weighted by atomic mass is 10.2. The van der Waals surface area contributed by atoms with Gasteiger partial charge in [0.15, 0.2) is 0 Å². The monoisotopic (exact) mass is 259 g/mol. The van der Waals surface area contributed by atoms with Gasteiger partial charge in [-0.1, -0.05) is 30.3 Å². The molecule has 0 aliphatic rings. The molecule has 100 valence electrons. The number of rotatable bonds is 5. The first-order chi connectivity index (χ1) is 9.22. The van der Waals surface area contributed by atoms with E-state index in [1.54, 1.807) is 22.8 Å². The molecule has 0 aliphatic carbocycles. The predicted octanol–water partition coefficient (Wildman–Crippen LogP) is 1.05. The van der Waals surface area contributed by atoms with E-state index in [1.807, 2.05) is 30.3 Å². The number of aliphatic hydroxyl groups excluding tert-OH is 1. The molecule has 0 atom stereocenters. The van der Waals surface area contributed by atoms with Gasteiger partial charge in [-0.3, -0.25) is 4.79 Å². The molecule has 2 aromatic rings. The number of aromatic nitrogens is 2. The summed E-state index contributed by atoms with van der Waals surface area (Å²) in [5.41, 5.74) is 1.55. The summed E-state index contributed by atoms with van der Waals surface area (Å²) in [6, 6.07) is 9.71. The molecular formula is C14H17N3O2. The van der Waals surface area contributed by atoms with E-state index in [0.29, 0.717) is 18.8 Å². The van der Waals surface area contributed by atoms with E-state index in [0.717, 1.165) is 5.56 Å². The summed E-state index contributed by atoms with van der Waals surface area (Å²) < 4.78 is 1.68. The van der Waals surface area contributed by atoms with Crippen molar-refractivity contribution in [2.24, 2.45) is 7.05 Å². The molecule has 0 fully saturated rings. The normalized spacial score (nSPS) is 10.4. The molecule has 1 heterocycles.